The Hall–Kier alpha value is -1.92. The van der Waals surface area contributed by atoms with E-state index in [1.807, 2.05) is 42.5 Å². The highest BCUT2D eigenvalue weighted by atomic mass is 35.5. The van der Waals surface area contributed by atoms with Gasteiger partial charge in [0.15, 0.2) is 0 Å². The second kappa shape index (κ2) is 9.39. The molecule has 0 fully saturated rings. The van der Waals surface area contributed by atoms with E-state index in [0.29, 0.717) is 24.4 Å². The minimum atomic E-state index is -1.26. The summed E-state index contributed by atoms with van der Waals surface area (Å²) in [6.07, 6.45) is -0.0320. The number of aliphatic hydroxyl groups is 1. The molecule has 0 aliphatic rings. The number of amides is 1. The summed E-state index contributed by atoms with van der Waals surface area (Å²) >= 11 is 5.89. The summed E-state index contributed by atoms with van der Waals surface area (Å²) in [5, 5.41) is 10.6. The van der Waals surface area contributed by atoms with Gasteiger partial charge in [0.1, 0.15) is 6.10 Å². The van der Waals surface area contributed by atoms with Crippen LogP contribution in [0.15, 0.2) is 54.6 Å². The zero-order valence-electron chi connectivity index (χ0n) is 13.3. The molecule has 1 amide bonds. The standard InChI is InChI=1S/C18H22ClN3O2/c19-15-8-4-7-14(11-15)12-21-22-18(24)17(23)16(20)10-9-13-5-2-1-3-6-13/h1-8,11,16-17,21,23H,9-10,12,20H2,(H,22,24). The molecule has 0 saturated carbocycles. The van der Waals surface area contributed by atoms with E-state index >= 15 is 0 Å². The number of aryl methyl sites for hydroxylation is 1. The highest BCUT2D eigenvalue weighted by Gasteiger charge is 2.22. The van der Waals surface area contributed by atoms with E-state index in [-0.39, 0.29) is 0 Å². The second-order valence-electron chi connectivity index (χ2n) is 5.61. The number of aliphatic hydroxyl groups excluding tert-OH is 1. The molecular formula is C18H22ClN3O2. The predicted molar refractivity (Wildman–Crippen MR) is 95.2 cm³/mol. The van der Waals surface area contributed by atoms with E-state index in [9.17, 15) is 9.90 Å². The molecule has 0 radical (unpaired) electrons. The van der Waals surface area contributed by atoms with Gasteiger partial charge in [-0.15, -0.1) is 0 Å². The molecule has 2 aromatic carbocycles. The number of carbonyl (C=O) groups excluding carboxylic acids is 1. The van der Waals surface area contributed by atoms with Crippen molar-refractivity contribution in [3.8, 4) is 0 Å². The normalized spacial score (nSPS) is 13.3. The van der Waals surface area contributed by atoms with Gasteiger partial charge in [0.25, 0.3) is 5.91 Å². The molecule has 5 nitrogen and oxygen atoms in total. The lowest BCUT2D eigenvalue weighted by Crippen LogP contribution is -2.50. The number of hydrazine groups is 1. The monoisotopic (exact) mass is 347 g/mol. The lowest BCUT2D eigenvalue weighted by molar-refractivity contribution is -0.131. The lowest BCUT2D eigenvalue weighted by atomic mass is 10.0. The molecule has 2 aromatic rings. The van der Waals surface area contributed by atoms with Crippen LogP contribution in [0.25, 0.3) is 0 Å². The molecule has 0 spiro atoms. The number of carbonyl (C=O) groups is 1. The molecule has 24 heavy (non-hydrogen) atoms. The van der Waals surface area contributed by atoms with E-state index in [1.165, 1.54) is 0 Å². The highest BCUT2D eigenvalue weighted by molar-refractivity contribution is 6.30. The van der Waals surface area contributed by atoms with Crippen LogP contribution in [-0.4, -0.2) is 23.2 Å². The van der Waals surface area contributed by atoms with Gasteiger partial charge in [0.05, 0.1) is 0 Å². The predicted octanol–water partition coefficient (Wildman–Crippen LogP) is 1.78. The van der Waals surface area contributed by atoms with Gasteiger partial charge in [0.2, 0.25) is 0 Å². The fourth-order valence-electron chi connectivity index (χ4n) is 2.28. The maximum Gasteiger partial charge on any atom is 0.264 e. The molecule has 0 bridgehead atoms. The number of nitrogens with two attached hydrogens (primary N) is 1. The maximum atomic E-state index is 11.9. The molecule has 2 atom stereocenters. The summed E-state index contributed by atoms with van der Waals surface area (Å²) in [5.74, 6) is -0.544. The van der Waals surface area contributed by atoms with Crippen molar-refractivity contribution in [3.63, 3.8) is 0 Å². The summed E-state index contributed by atoms with van der Waals surface area (Å²) in [6.45, 7) is 0.401. The number of halogens is 1. The minimum Gasteiger partial charge on any atom is -0.382 e. The van der Waals surface area contributed by atoms with Gasteiger partial charge >= 0.3 is 0 Å². The van der Waals surface area contributed by atoms with Gasteiger partial charge in [-0.3, -0.25) is 10.2 Å². The summed E-state index contributed by atoms with van der Waals surface area (Å²) in [5.41, 5.74) is 13.2. The van der Waals surface area contributed by atoms with E-state index < -0.39 is 18.1 Å². The van der Waals surface area contributed by atoms with Crippen molar-refractivity contribution < 1.29 is 9.90 Å². The van der Waals surface area contributed by atoms with Crippen molar-refractivity contribution in [2.75, 3.05) is 0 Å². The summed E-state index contributed by atoms with van der Waals surface area (Å²) in [4.78, 5) is 11.9. The van der Waals surface area contributed by atoms with Crippen LogP contribution in [0, 0.1) is 0 Å². The number of hydrogen-bond donors (Lipinski definition) is 4. The average Bonchev–Trinajstić information content (AvgIpc) is 2.60. The van der Waals surface area contributed by atoms with Crippen LogP contribution >= 0.6 is 11.6 Å². The Morgan fingerprint density at radius 1 is 1.12 bits per heavy atom. The Bertz CT molecular complexity index is 652. The Kier molecular flexibility index (Phi) is 7.21. The SMILES string of the molecule is NC(CCc1ccccc1)C(O)C(=O)NNCc1cccc(Cl)c1. The van der Waals surface area contributed by atoms with Crippen LogP contribution in [0.2, 0.25) is 5.02 Å². The Labute approximate surface area is 146 Å². The smallest absolute Gasteiger partial charge is 0.264 e. The molecule has 2 unspecified atom stereocenters. The third-order valence-corrected chi connectivity index (χ3v) is 3.91. The van der Waals surface area contributed by atoms with Crippen molar-refractivity contribution >= 4 is 17.5 Å². The Morgan fingerprint density at radius 3 is 2.54 bits per heavy atom. The third kappa shape index (κ3) is 5.94. The molecule has 5 N–H and O–H groups in total. The van der Waals surface area contributed by atoms with Gasteiger partial charge in [-0.05, 0) is 36.1 Å². The van der Waals surface area contributed by atoms with Gasteiger partial charge in [-0.2, -0.15) is 0 Å². The zero-order chi connectivity index (χ0) is 17.4. The summed E-state index contributed by atoms with van der Waals surface area (Å²) in [7, 11) is 0. The topological polar surface area (TPSA) is 87.4 Å². The number of nitrogens with one attached hydrogen (secondary N) is 2. The quantitative estimate of drug-likeness (QED) is 0.548. The summed E-state index contributed by atoms with van der Waals surface area (Å²) in [6, 6.07) is 16.5. The molecule has 0 saturated heterocycles. The van der Waals surface area contributed by atoms with Crippen LogP contribution < -0.4 is 16.6 Å². The first-order valence-corrected chi connectivity index (χ1v) is 8.19. The van der Waals surface area contributed by atoms with Crippen molar-refractivity contribution in [2.45, 2.75) is 31.5 Å². The van der Waals surface area contributed by atoms with Crippen molar-refractivity contribution in [3.05, 3.63) is 70.7 Å². The second-order valence-corrected chi connectivity index (χ2v) is 6.04. The first-order valence-electron chi connectivity index (χ1n) is 7.81. The highest BCUT2D eigenvalue weighted by Crippen LogP contribution is 2.10. The molecule has 6 heteroatoms. The van der Waals surface area contributed by atoms with E-state index in [4.69, 9.17) is 17.3 Å². The summed E-state index contributed by atoms with van der Waals surface area (Å²) < 4.78 is 0. The Morgan fingerprint density at radius 2 is 1.83 bits per heavy atom. The third-order valence-electron chi connectivity index (χ3n) is 3.68. The first kappa shape index (κ1) is 18.4. The van der Waals surface area contributed by atoms with Gasteiger partial charge < -0.3 is 10.8 Å². The van der Waals surface area contributed by atoms with Gasteiger partial charge in [-0.1, -0.05) is 54.1 Å². The number of benzene rings is 2. The number of hydrogen-bond acceptors (Lipinski definition) is 4. The minimum absolute atomic E-state index is 0.401. The van der Waals surface area contributed by atoms with E-state index in [2.05, 4.69) is 10.9 Å². The lowest BCUT2D eigenvalue weighted by Gasteiger charge is -2.18. The average molecular weight is 348 g/mol. The fourth-order valence-corrected chi connectivity index (χ4v) is 2.50. The van der Waals surface area contributed by atoms with E-state index in [1.54, 1.807) is 12.1 Å². The number of rotatable bonds is 8. The first-order chi connectivity index (χ1) is 11.6. The van der Waals surface area contributed by atoms with Crippen molar-refractivity contribution in [1.82, 2.24) is 10.9 Å². The molecule has 0 aliphatic heterocycles. The molecule has 2 rings (SSSR count). The van der Waals surface area contributed by atoms with Gasteiger partial charge in [0, 0.05) is 17.6 Å². The van der Waals surface area contributed by atoms with Gasteiger partial charge in [-0.25, -0.2) is 5.43 Å². The molecule has 0 heterocycles. The Balaban J connectivity index is 1.72. The van der Waals surface area contributed by atoms with Crippen molar-refractivity contribution in [1.29, 1.82) is 0 Å². The molecule has 0 aromatic heterocycles. The van der Waals surface area contributed by atoms with Crippen molar-refractivity contribution in [2.24, 2.45) is 5.73 Å². The molecule has 128 valence electrons. The van der Waals surface area contributed by atoms with Crippen LogP contribution in [-0.2, 0) is 17.8 Å². The molecular weight excluding hydrogens is 326 g/mol. The van der Waals surface area contributed by atoms with Crippen LogP contribution in [0.4, 0.5) is 0 Å². The molecule has 0 aliphatic carbocycles. The zero-order valence-corrected chi connectivity index (χ0v) is 14.0. The van der Waals surface area contributed by atoms with Crippen LogP contribution in [0.3, 0.4) is 0 Å². The largest absolute Gasteiger partial charge is 0.382 e. The van der Waals surface area contributed by atoms with Crippen LogP contribution in [0.1, 0.15) is 17.5 Å². The van der Waals surface area contributed by atoms with E-state index in [0.717, 1.165) is 11.1 Å². The van der Waals surface area contributed by atoms with Crippen LogP contribution in [0.5, 0.6) is 0 Å². The fraction of sp³-hybridized carbons (Fsp3) is 0.278. The maximum absolute atomic E-state index is 11.9.